The zero-order valence-electron chi connectivity index (χ0n) is 47.8. The van der Waals surface area contributed by atoms with Gasteiger partial charge in [-0.25, -0.2) is 14.6 Å². The van der Waals surface area contributed by atoms with Gasteiger partial charge in [0.15, 0.2) is 0 Å². The Hall–Kier alpha value is -2.61. The number of rotatable bonds is 21. The zero-order chi connectivity index (χ0) is 53.0. The molecule has 0 bridgehead atoms. The second-order valence-corrected chi connectivity index (χ2v) is 26.8. The number of nitrogens with one attached hydrogen (secondary N) is 1. The van der Waals surface area contributed by atoms with Crippen LogP contribution in [0.2, 0.25) is 0 Å². The number of benzene rings is 4. The predicted molar refractivity (Wildman–Crippen MR) is 322 cm³/mol. The third kappa shape index (κ3) is 26.6. The minimum Gasteiger partial charge on any atom is -0.450 e. The molecule has 2 N–H and O–H groups in total. The van der Waals surface area contributed by atoms with Crippen LogP contribution in [0.15, 0.2) is 126 Å². The fraction of sp³-hybridized carbons (Fsp3) is 0.606. The molecular formula is C66H100Fe2N2O4P2. The first-order valence-corrected chi connectivity index (χ1v) is 32.4. The summed E-state index contributed by atoms with van der Waals surface area (Å²) in [4.78, 5) is 23.9. The van der Waals surface area contributed by atoms with Gasteiger partial charge in [-0.1, -0.05) is 240 Å². The van der Waals surface area contributed by atoms with Gasteiger partial charge in [-0.2, -0.15) is 0 Å². The summed E-state index contributed by atoms with van der Waals surface area (Å²) < 4.78 is 5.10. The number of hydrogen-bond acceptors (Lipinski definition) is 5. The molecule has 8 rings (SSSR count). The van der Waals surface area contributed by atoms with E-state index in [0.29, 0.717) is 19.8 Å². The average Bonchev–Trinajstić information content (AvgIpc) is 4.30. The maximum atomic E-state index is 11.2. The maximum Gasteiger partial charge on any atom is 0.407 e. The number of carbonyl (C=O) groups is 1. The van der Waals surface area contributed by atoms with E-state index >= 15 is 0 Å². The molecule has 0 spiro atoms. The number of ether oxygens (including phenoxy) is 1. The molecule has 0 aliphatic heterocycles. The Morgan fingerprint density at radius 3 is 1.29 bits per heavy atom. The smallest absolute Gasteiger partial charge is 0.407 e. The number of isocyanates is 1. The SMILES string of the molecule is CC(C)C1CCCC1P(c1ccccc1)c1ccccc1.CC(C)C1CCCC1P(c1ccccc1)c1ccccc1.CCCCN=C=O.CCCCNC(=O)OCCCC1CCCC1.OCCCC1CCCC1.[Fe].[Fe]. The van der Waals surface area contributed by atoms with Crippen molar-refractivity contribution in [3.05, 3.63) is 121 Å². The Bertz CT molecular complexity index is 1850. The number of unbranched alkanes of at least 4 members (excludes halogenated alkanes) is 2. The van der Waals surface area contributed by atoms with Crippen molar-refractivity contribution in [3.8, 4) is 0 Å². The van der Waals surface area contributed by atoms with Crippen LogP contribution in [0.1, 0.15) is 183 Å². The summed E-state index contributed by atoms with van der Waals surface area (Å²) in [5, 5.41) is 17.5. The normalized spacial score (nSPS) is 18.8. The van der Waals surface area contributed by atoms with Gasteiger partial charge < -0.3 is 15.2 Å². The number of alkyl carbamates (subject to hydrolysis) is 1. The van der Waals surface area contributed by atoms with Crippen molar-refractivity contribution in [1.82, 2.24) is 5.32 Å². The van der Waals surface area contributed by atoms with E-state index in [2.05, 4.69) is 173 Å². The number of aliphatic imine (C=N–C) groups is 1. The molecule has 0 saturated heterocycles. The monoisotopic (exact) mass is 1160 g/mol. The van der Waals surface area contributed by atoms with E-state index in [1.807, 2.05) is 0 Å². The van der Waals surface area contributed by atoms with Crippen LogP contribution in [0.3, 0.4) is 0 Å². The molecule has 0 radical (unpaired) electrons. The minimum absolute atomic E-state index is 0. The number of carbonyl (C=O) groups excluding carboxylic acids is 2. The Morgan fingerprint density at radius 1 is 0.566 bits per heavy atom. The second-order valence-electron chi connectivity index (χ2n) is 21.9. The first kappa shape index (κ1) is 69.5. The van der Waals surface area contributed by atoms with Crippen LogP contribution >= 0.6 is 15.8 Å². The third-order valence-corrected chi connectivity index (χ3v) is 21.8. The summed E-state index contributed by atoms with van der Waals surface area (Å²) in [6.07, 6.45) is 29.6. The van der Waals surface area contributed by atoms with E-state index < -0.39 is 0 Å². The molecule has 4 saturated carbocycles. The van der Waals surface area contributed by atoms with Crippen LogP contribution < -0.4 is 26.5 Å². The molecule has 6 nitrogen and oxygen atoms in total. The summed E-state index contributed by atoms with van der Waals surface area (Å²) in [6, 6.07) is 44.9. The molecule has 0 aromatic heterocycles. The van der Waals surface area contributed by atoms with Crippen LogP contribution in [0.25, 0.3) is 0 Å². The summed E-state index contributed by atoms with van der Waals surface area (Å²) in [5.41, 5.74) is 1.70. The molecule has 4 aromatic rings. The van der Waals surface area contributed by atoms with E-state index in [9.17, 15) is 9.59 Å². The van der Waals surface area contributed by atoms with Crippen molar-refractivity contribution in [2.45, 2.75) is 194 Å². The number of hydrogen-bond donors (Lipinski definition) is 2. The topological polar surface area (TPSA) is 88.0 Å². The molecule has 0 heterocycles. The first-order chi connectivity index (χ1) is 36.2. The molecule has 424 valence electrons. The van der Waals surface area contributed by atoms with Gasteiger partial charge in [0, 0.05) is 47.3 Å². The van der Waals surface area contributed by atoms with Crippen molar-refractivity contribution in [2.75, 3.05) is 26.3 Å². The summed E-state index contributed by atoms with van der Waals surface area (Å²) >= 11 is 0. The molecule has 4 unspecified atom stereocenters. The van der Waals surface area contributed by atoms with Crippen molar-refractivity contribution >= 4 is 49.2 Å². The maximum absolute atomic E-state index is 11.2. The summed E-state index contributed by atoms with van der Waals surface area (Å²) in [5.74, 6) is 5.22. The van der Waals surface area contributed by atoms with Crippen LogP contribution in [-0.2, 0) is 43.7 Å². The van der Waals surface area contributed by atoms with Crippen LogP contribution in [-0.4, -0.2) is 54.9 Å². The van der Waals surface area contributed by atoms with Gasteiger partial charge in [-0.05, 0) is 148 Å². The van der Waals surface area contributed by atoms with Gasteiger partial charge in [0.25, 0.3) is 0 Å². The van der Waals surface area contributed by atoms with Crippen LogP contribution in [0.5, 0.6) is 0 Å². The van der Waals surface area contributed by atoms with Gasteiger partial charge in [-0.15, -0.1) is 0 Å². The molecule has 4 aliphatic carbocycles. The number of aliphatic hydroxyl groups is 1. The summed E-state index contributed by atoms with van der Waals surface area (Å²) in [6.45, 7) is 16.1. The number of nitrogens with zero attached hydrogens (tertiary/aromatic N) is 1. The largest absolute Gasteiger partial charge is 0.450 e. The van der Waals surface area contributed by atoms with Crippen molar-refractivity contribution in [1.29, 1.82) is 0 Å². The van der Waals surface area contributed by atoms with Crippen LogP contribution in [0, 0.1) is 35.5 Å². The molecule has 4 aliphatic rings. The van der Waals surface area contributed by atoms with Crippen LogP contribution in [0.4, 0.5) is 4.79 Å². The third-order valence-electron chi connectivity index (χ3n) is 15.8. The second kappa shape index (κ2) is 43.2. The van der Waals surface area contributed by atoms with E-state index in [0.717, 1.165) is 91.9 Å². The molecule has 10 heteroatoms. The van der Waals surface area contributed by atoms with E-state index in [1.165, 1.54) is 109 Å². The van der Waals surface area contributed by atoms with Crippen molar-refractivity contribution in [2.24, 2.45) is 40.5 Å². The van der Waals surface area contributed by atoms with Gasteiger partial charge in [0.2, 0.25) is 6.08 Å². The van der Waals surface area contributed by atoms with Gasteiger partial charge in [-0.3, -0.25) is 0 Å². The summed E-state index contributed by atoms with van der Waals surface area (Å²) in [7, 11) is -0.448. The van der Waals surface area contributed by atoms with E-state index in [-0.39, 0.29) is 56.1 Å². The average molecular weight is 1160 g/mol. The molecule has 4 atom stereocenters. The number of aliphatic hydroxyl groups excluding tert-OH is 1. The molecule has 76 heavy (non-hydrogen) atoms. The quantitative estimate of drug-likeness (QED) is 0.0286. The Kier molecular flexibility index (Phi) is 39.5. The van der Waals surface area contributed by atoms with Gasteiger partial charge in [0.1, 0.15) is 0 Å². The Morgan fingerprint density at radius 2 is 0.947 bits per heavy atom. The molecule has 4 fully saturated rings. The van der Waals surface area contributed by atoms with Gasteiger partial charge in [0.05, 0.1) is 13.2 Å². The van der Waals surface area contributed by atoms with E-state index in [1.54, 1.807) is 21.2 Å². The minimum atomic E-state index is -0.250. The fourth-order valence-corrected chi connectivity index (χ4v) is 18.5. The number of amides is 1. The Balaban J connectivity index is 0.000000340. The molecular weight excluding hydrogens is 1060 g/mol. The zero-order valence-corrected chi connectivity index (χ0v) is 51.8. The predicted octanol–water partition coefficient (Wildman–Crippen LogP) is 16.4. The van der Waals surface area contributed by atoms with Crippen molar-refractivity contribution in [3.63, 3.8) is 0 Å². The first-order valence-electron chi connectivity index (χ1n) is 29.6. The molecule has 1 amide bonds. The standard InChI is InChI=1S/2C20H25P.C13H25NO2.C8H16O.C5H9NO.2Fe/c2*1-16(2)19-14-9-15-20(19)21(17-10-5-3-6-11-17)18-12-7-4-8-13-18;1-2-3-10-14-13(15)16-11-6-9-12-7-4-5-8-12;9-7-3-6-8-4-1-2-5-8;1-2-3-4-6-5-7;;/h2*3-8,10-13,16,19-20H,9,14-15H2,1-2H3;12H,2-11H2,1H3,(H,14,15);8-9H,1-7H2;2-4H2,1H3;;. The van der Waals surface area contributed by atoms with Gasteiger partial charge >= 0.3 is 6.09 Å². The van der Waals surface area contributed by atoms with Crippen molar-refractivity contribution < 1.29 is 53.6 Å². The van der Waals surface area contributed by atoms with E-state index in [4.69, 9.17) is 9.84 Å². The fourth-order valence-electron chi connectivity index (χ4n) is 11.8. The molecule has 4 aromatic carbocycles. The Labute approximate surface area is 487 Å².